The monoisotopic (exact) mass is 366 g/mol. The number of Topliss-reactive ketones (excluding diaryl/α,β-unsaturated/α-hetero) is 1. The Bertz CT molecular complexity index is 1580. The summed E-state index contributed by atoms with van der Waals surface area (Å²) in [5.41, 5.74) is 6.37. The zero-order valence-corrected chi connectivity index (χ0v) is 15.5. The Morgan fingerprint density at radius 3 is 2.86 bits per heavy atom. The van der Waals surface area contributed by atoms with E-state index in [4.69, 9.17) is 4.99 Å². The molecule has 0 spiro atoms. The van der Waals surface area contributed by atoms with Gasteiger partial charge in [-0.05, 0) is 30.9 Å². The maximum atomic E-state index is 12.2. The summed E-state index contributed by atoms with van der Waals surface area (Å²) in [6, 6.07) is 0. The molecular formula is C23H18N4O. The number of rotatable bonds is 0. The van der Waals surface area contributed by atoms with Crippen LogP contribution in [0.25, 0.3) is 50.3 Å². The van der Waals surface area contributed by atoms with Gasteiger partial charge < -0.3 is 9.55 Å². The van der Waals surface area contributed by atoms with Crippen LogP contribution in [0.5, 0.6) is 0 Å². The van der Waals surface area contributed by atoms with Crippen LogP contribution in [0.15, 0.2) is 23.5 Å². The van der Waals surface area contributed by atoms with Crippen molar-refractivity contribution < 1.29 is 4.79 Å². The van der Waals surface area contributed by atoms with Gasteiger partial charge in [-0.3, -0.25) is 14.4 Å². The van der Waals surface area contributed by atoms with Crippen molar-refractivity contribution in [2.75, 3.05) is 0 Å². The van der Waals surface area contributed by atoms with Crippen LogP contribution >= 0.6 is 0 Å². The van der Waals surface area contributed by atoms with Gasteiger partial charge in [0.05, 0.1) is 28.1 Å². The number of nitrogens with one attached hydrogen (secondary N) is 1. The van der Waals surface area contributed by atoms with Gasteiger partial charge in [-0.25, -0.2) is 0 Å². The number of aliphatic imine (C=N–C) groups is 1. The molecule has 4 aromatic rings. The minimum Gasteiger partial charge on any atom is -0.366 e. The van der Waals surface area contributed by atoms with Crippen molar-refractivity contribution >= 4 is 62.4 Å². The number of allylic oxidation sites excluding steroid dienone is 1. The van der Waals surface area contributed by atoms with Crippen LogP contribution in [0.4, 0.5) is 0 Å². The first kappa shape index (κ1) is 14.7. The Morgan fingerprint density at radius 1 is 1.11 bits per heavy atom. The van der Waals surface area contributed by atoms with E-state index in [0.717, 1.165) is 18.2 Å². The van der Waals surface area contributed by atoms with E-state index < -0.39 is 0 Å². The van der Waals surface area contributed by atoms with E-state index in [1.807, 2.05) is 12.4 Å². The molecule has 0 saturated carbocycles. The maximum Gasteiger partial charge on any atom is 0.158 e. The molecule has 0 fully saturated rings. The largest absolute Gasteiger partial charge is 0.366 e. The maximum absolute atomic E-state index is 12.2. The zero-order valence-electron chi connectivity index (χ0n) is 15.5. The third kappa shape index (κ3) is 1.52. The fourth-order valence-electron chi connectivity index (χ4n) is 5.52. The third-order valence-corrected chi connectivity index (χ3v) is 6.61. The number of aromatic amines is 1. The van der Waals surface area contributed by atoms with E-state index in [-0.39, 0.29) is 5.78 Å². The molecule has 0 radical (unpaired) electrons. The van der Waals surface area contributed by atoms with E-state index in [1.54, 1.807) is 0 Å². The number of nitrogens with zero attached hydrogens (tertiary/aromatic N) is 3. The first-order chi connectivity index (χ1) is 13.7. The summed E-state index contributed by atoms with van der Waals surface area (Å²) in [6.07, 6.45) is 14.9. The number of carbonyl (C=O) groups excluding carboxylic acids is 1. The van der Waals surface area contributed by atoms with Crippen molar-refractivity contribution in [2.24, 2.45) is 4.99 Å². The van der Waals surface area contributed by atoms with Crippen molar-refractivity contribution in [3.8, 4) is 0 Å². The lowest BCUT2D eigenvalue weighted by atomic mass is 9.95. The summed E-state index contributed by atoms with van der Waals surface area (Å²) >= 11 is 0. The molecule has 0 bridgehead atoms. The molecule has 0 saturated heterocycles. The minimum absolute atomic E-state index is 0.211. The molecular weight excluding hydrogens is 348 g/mol. The third-order valence-electron chi connectivity index (χ3n) is 6.61. The molecule has 1 N–H and O–H groups in total. The van der Waals surface area contributed by atoms with Gasteiger partial charge in [0.2, 0.25) is 0 Å². The van der Waals surface area contributed by atoms with Gasteiger partial charge in [0.15, 0.2) is 5.78 Å². The van der Waals surface area contributed by atoms with E-state index in [9.17, 15) is 4.79 Å². The molecule has 28 heavy (non-hydrogen) atoms. The highest BCUT2D eigenvalue weighted by Crippen LogP contribution is 2.40. The summed E-state index contributed by atoms with van der Waals surface area (Å²) in [6.45, 7) is 2.76. The van der Waals surface area contributed by atoms with E-state index >= 15 is 0 Å². The molecule has 0 atom stereocenters. The molecule has 4 heterocycles. The van der Waals surface area contributed by atoms with Crippen molar-refractivity contribution in [1.82, 2.24) is 14.1 Å². The number of H-pyrrole nitrogens is 1. The molecule has 0 unspecified atom stereocenters. The van der Waals surface area contributed by atoms with E-state index in [2.05, 4.69) is 45.6 Å². The molecule has 1 aliphatic heterocycles. The van der Waals surface area contributed by atoms with Crippen LogP contribution in [0, 0.1) is 0 Å². The van der Waals surface area contributed by atoms with Gasteiger partial charge in [0.25, 0.3) is 0 Å². The molecule has 2 aliphatic carbocycles. The number of carbonyl (C=O) groups is 1. The average Bonchev–Trinajstić information content (AvgIpc) is 3.32. The lowest BCUT2D eigenvalue weighted by molar-refractivity contribution is -0.113. The lowest BCUT2D eigenvalue weighted by Crippen LogP contribution is -2.24. The average molecular weight is 366 g/mol. The van der Waals surface area contributed by atoms with E-state index in [1.165, 1.54) is 54.6 Å². The smallest absolute Gasteiger partial charge is 0.158 e. The summed E-state index contributed by atoms with van der Waals surface area (Å²) in [5.74, 6) is 0.211. The number of aromatic nitrogens is 3. The highest BCUT2D eigenvalue weighted by Gasteiger charge is 2.27. The Labute approximate surface area is 160 Å². The van der Waals surface area contributed by atoms with Crippen LogP contribution in [0.3, 0.4) is 0 Å². The van der Waals surface area contributed by atoms with Gasteiger partial charge in [0.1, 0.15) is 6.67 Å². The summed E-state index contributed by atoms with van der Waals surface area (Å²) in [4.78, 5) is 20.3. The molecule has 5 nitrogen and oxygen atoms in total. The fourth-order valence-corrected chi connectivity index (χ4v) is 5.52. The Balaban J connectivity index is 1.92. The van der Waals surface area contributed by atoms with Crippen LogP contribution in [0.1, 0.15) is 30.9 Å². The van der Waals surface area contributed by atoms with Crippen LogP contribution in [-0.2, 0) is 17.9 Å². The molecule has 5 heteroatoms. The molecule has 0 amide bonds. The van der Waals surface area contributed by atoms with Gasteiger partial charge >= 0.3 is 0 Å². The SMILES string of the molecule is CC1=c2c(c3c4c[nH]cc4c4c5c(n6c4c3n2C=NC6)=CC(=O)CC5)C=CC1. The van der Waals surface area contributed by atoms with E-state index in [0.29, 0.717) is 13.1 Å². The molecule has 1 aromatic carbocycles. The summed E-state index contributed by atoms with van der Waals surface area (Å²) < 4.78 is 4.54. The molecule has 3 aromatic heterocycles. The fraction of sp³-hybridized carbons (Fsp3) is 0.217. The van der Waals surface area contributed by atoms with Crippen molar-refractivity contribution in [3.63, 3.8) is 0 Å². The quantitative estimate of drug-likeness (QED) is 0.511. The zero-order chi connectivity index (χ0) is 18.6. The number of ketones is 1. The Morgan fingerprint density at radius 2 is 1.96 bits per heavy atom. The predicted octanol–water partition coefficient (Wildman–Crippen LogP) is 2.81. The topological polar surface area (TPSA) is 55.1 Å². The van der Waals surface area contributed by atoms with Crippen molar-refractivity contribution in [1.29, 1.82) is 0 Å². The summed E-state index contributed by atoms with van der Waals surface area (Å²) in [5, 5.41) is 7.38. The normalized spacial score (nSPS) is 17.6. The minimum atomic E-state index is 0.211. The van der Waals surface area contributed by atoms with Crippen molar-refractivity contribution in [3.05, 3.63) is 40.3 Å². The first-order valence-corrected chi connectivity index (χ1v) is 9.82. The summed E-state index contributed by atoms with van der Waals surface area (Å²) in [7, 11) is 0. The van der Waals surface area contributed by atoms with Crippen molar-refractivity contribution in [2.45, 2.75) is 32.9 Å². The Kier molecular flexibility index (Phi) is 2.48. The second-order valence-electron chi connectivity index (χ2n) is 8.09. The number of aryl methyl sites for hydroxylation is 1. The second-order valence-corrected chi connectivity index (χ2v) is 8.09. The van der Waals surface area contributed by atoms with Crippen LogP contribution in [0.2, 0.25) is 0 Å². The highest BCUT2D eigenvalue weighted by atomic mass is 16.1. The number of hydrogen-bond acceptors (Lipinski definition) is 2. The van der Waals surface area contributed by atoms with Crippen LogP contribution in [-0.4, -0.2) is 26.2 Å². The first-order valence-electron chi connectivity index (χ1n) is 9.82. The molecule has 7 rings (SSSR count). The standard InChI is InChI=1S/C23H18N4O/c1-12-3-2-4-15-20-17-9-24-8-16(17)19-14-6-5-13(28)7-18(14)26-10-25-11-27(21(12)15)23(20)22(19)26/h2,4,7-9,11,24H,3,5-6,10H2,1H3. The number of benzene rings is 1. The predicted molar refractivity (Wildman–Crippen MR) is 113 cm³/mol. The second kappa shape index (κ2) is 4.73. The number of hydrogen-bond donors (Lipinski definition) is 1. The highest BCUT2D eigenvalue weighted by molar-refractivity contribution is 6.28. The van der Waals surface area contributed by atoms with Gasteiger partial charge in [-0.2, -0.15) is 0 Å². The van der Waals surface area contributed by atoms with Gasteiger partial charge in [0, 0.05) is 52.0 Å². The van der Waals surface area contributed by atoms with Gasteiger partial charge in [-0.15, -0.1) is 0 Å². The Hall–Kier alpha value is -3.34. The lowest BCUT2D eigenvalue weighted by Gasteiger charge is -2.06. The van der Waals surface area contributed by atoms with Crippen LogP contribution < -0.4 is 10.7 Å². The van der Waals surface area contributed by atoms with Gasteiger partial charge in [-0.1, -0.05) is 12.2 Å². The number of fused-ring (bicyclic) bond motifs is 9. The molecule has 136 valence electrons. The molecule has 3 aliphatic rings.